The lowest BCUT2D eigenvalue weighted by atomic mass is 10.00. The largest absolute Gasteiger partial charge is 0.288 e. The third-order valence-corrected chi connectivity index (χ3v) is 4.11. The molecule has 1 saturated carbocycles. The first-order valence-electron chi connectivity index (χ1n) is 8.51. The fourth-order valence-corrected chi connectivity index (χ4v) is 2.71. The van der Waals surface area contributed by atoms with E-state index in [-0.39, 0.29) is 5.56 Å². The Hall–Kier alpha value is -1.72. The molecule has 1 aliphatic rings. The van der Waals surface area contributed by atoms with Crippen LogP contribution in [0.4, 0.5) is 5.95 Å². The van der Waals surface area contributed by atoms with Gasteiger partial charge in [0, 0.05) is 5.71 Å². The van der Waals surface area contributed by atoms with Crippen molar-refractivity contribution in [3.8, 4) is 0 Å². The summed E-state index contributed by atoms with van der Waals surface area (Å²) in [6.07, 6.45) is 13.8. The van der Waals surface area contributed by atoms with Crippen LogP contribution >= 0.6 is 0 Å². The van der Waals surface area contributed by atoms with Gasteiger partial charge < -0.3 is 0 Å². The Kier molecular flexibility index (Phi) is 7.06. The van der Waals surface area contributed by atoms with Crippen molar-refractivity contribution in [3.63, 3.8) is 0 Å². The van der Waals surface area contributed by atoms with Crippen LogP contribution in [0, 0.1) is 6.92 Å². The number of aromatic amines is 1. The summed E-state index contributed by atoms with van der Waals surface area (Å²) in [4.78, 5) is 14.1. The number of hydrogen-bond donors (Lipinski definition) is 2. The highest BCUT2D eigenvalue weighted by atomic mass is 16.1. The molecule has 1 aromatic heterocycles. The van der Waals surface area contributed by atoms with Gasteiger partial charge in [0.15, 0.2) is 0 Å². The van der Waals surface area contributed by atoms with Crippen LogP contribution in [0.25, 0.3) is 0 Å². The first kappa shape index (κ1) is 16.6. The standard InChI is InChI=1S/C16H27N5O/c1-13-15(22)17-16(20-18-13)21-19-14-11-9-7-5-3-2-4-6-8-10-12-14/h2-12H2,1H3,(H2,17,20,21,22). The van der Waals surface area contributed by atoms with Crippen molar-refractivity contribution < 1.29 is 0 Å². The molecule has 1 heterocycles. The van der Waals surface area contributed by atoms with E-state index < -0.39 is 0 Å². The van der Waals surface area contributed by atoms with Crippen LogP contribution in [0.2, 0.25) is 0 Å². The Morgan fingerprint density at radius 2 is 1.45 bits per heavy atom. The molecule has 22 heavy (non-hydrogen) atoms. The minimum atomic E-state index is -0.226. The number of rotatable bonds is 2. The Balaban J connectivity index is 1.92. The lowest BCUT2D eigenvalue weighted by molar-refractivity contribution is 0.555. The molecule has 2 rings (SSSR count). The molecule has 0 unspecified atom stereocenters. The van der Waals surface area contributed by atoms with Gasteiger partial charge in [0.05, 0.1) is 0 Å². The van der Waals surface area contributed by atoms with Crippen LogP contribution in [0.5, 0.6) is 0 Å². The lowest BCUT2D eigenvalue weighted by Crippen LogP contribution is -2.16. The number of nitrogens with one attached hydrogen (secondary N) is 2. The summed E-state index contributed by atoms with van der Waals surface area (Å²) in [6, 6.07) is 0. The van der Waals surface area contributed by atoms with Crippen molar-refractivity contribution in [3.05, 3.63) is 16.0 Å². The Morgan fingerprint density at radius 1 is 0.909 bits per heavy atom. The summed E-state index contributed by atoms with van der Waals surface area (Å²) in [6.45, 7) is 1.63. The van der Waals surface area contributed by atoms with E-state index in [1.165, 1.54) is 63.5 Å². The van der Waals surface area contributed by atoms with Crippen LogP contribution in [0.3, 0.4) is 0 Å². The fraction of sp³-hybridized carbons (Fsp3) is 0.750. The van der Waals surface area contributed by atoms with Gasteiger partial charge >= 0.3 is 0 Å². The lowest BCUT2D eigenvalue weighted by Gasteiger charge is -2.09. The predicted octanol–water partition coefficient (Wildman–Crippen LogP) is 3.55. The molecule has 1 fully saturated rings. The van der Waals surface area contributed by atoms with E-state index in [4.69, 9.17) is 0 Å². The first-order valence-corrected chi connectivity index (χ1v) is 8.51. The summed E-state index contributed by atoms with van der Waals surface area (Å²) < 4.78 is 0. The molecule has 1 aromatic rings. The smallest absolute Gasteiger partial charge is 0.274 e. The zero-order chi connectivity index (χ0) is 15.6. The monoisotopic (exact) mass is 305 g/mol. The second-order valence-electron chi connectivity index (χ2n) is 6.06. The van der Waals surface area contributed by atoms with E-state index in [9.17, 15) is 4.79 Å². The van der Waals surface area contributed by atoms with Gasteiger partial charge in [0.25, 0.3) is 5.56 Å². The summed E-state index contributed by atoms with van der Waals surface area (Å²) >= 11 is 0. The third kappa shape index (κ3) is 5.95. The average Bonchev–Trinajstić information content (AvgIpc) is 2.50. The van der Waals surface area contributed by atoms with Gasteiger partial charge in [-0.25, -0.2) is 5.43 Å². The maximum atomic E-state index is 11.5. The van der Waals surface area contributed by atoms with Crippen molar-refractivity contribution in [2.45, 2.75) is 77.6 Å². The highest BCUT2D eigenvalue weighted by Gasteiger charge is 2.04. The van der Waals surface area contributed by atoms with E-state index in [0.717, 1.165) is 12.8 Å². The zero-order valence-electron chi connectivity index (χ0n) is 13.5. The number of nitrogens with zero attached hydrogens (tertiary/aromatic N) is 3. The van der Waals surface area contributed by atoms with Crippen molar-refractivity contribution in [1.82, 2.24) is 15.2 Å². The van der Waals surface area contributed by atoms with Crippen LogP contribution in [0.1, 0.15) is 76.3 Å². The van der Waals surface area contributed by atoms with Gasteiger partial charge in [-0.05, 0) is 32.6 Å². The Bertz CT molecular complexity index is 524. The molecule has 122 valence electrons. The summed E-state index contributed by atoms with van der Waals surface area (Å²) in [5.41, 5.74) is 4.16. The van der Waals surface area contributed by atoms with E-state index in [2.05, 4.69) is 25.7 Å². The molecule has 0 aliphatic heterocycles. The maximum Gasteiger partial charge on any atom is 0.274 e. The molecule has 6 heteroatoms. The van der Waals surface area contributed by atoms with Crippen molar-refractivity contribution in [1.29, 1.82) is 0 Å². The number of aryl methyl sites for hydroxylation is 1. The van der Waals surface area contributed by atoms with E-state index in [0.29, 0.717) is 11.6 Å². The number of hydrazone groups is 1. The molecular formula is C16H27N5O. The summed E-state index contributed by atoms with van der Waals surface area (Å²) in [5.74, 6) is 0.314. The van der Waals surface area contributed by atoms with Crippen molar-refractivity contribution in [2.75, 3.05) is 5.43 Å². The van der Waals surface area contributed by atoms with Gasteiger partial charge in [-0.3, -0.25) is 9.78 Å². The fourth-order valence-electron chi connectivity index (χ4n) is 2.71. The number of H-pyrrole nitrogens is 1. The minimum Gasteiger partial charge on any atom is -0.288 e. The van der Waals surface area contributed by atoms with Gasteiger partial charge in [-0.2, -0.15) is 5.10 Å². The van der Waals surface area contributed by atoms with Gasteiger partial charge in [-0.15, -0.1) is 10.2 Å². The van der Waals surface area contributed by atoms with Gasteiger partial charge in [0.2, 0.25) is 5.95 Å². The van der Waals surface area contributed by atoms with Crippen LogP contribution in [0.15, 0.2) is 9.90 Å². The molecule has 0 amide bonds. The highest BCUT2D eigenvalue weighted by molar-refractivity contribution is 5.84. The van der Waals surface area contributed by atoms with Gasteiger partial charge in [0.1, 0.15) is 5.69 Å². The molecule has 0 spiro atoms. The minimum absolute atomic E-state index is 0.226. The second-order valence-corrected chi connectivity index (χ2v) is 6.06. The van der Waals surface area contributed by atoms with Crippen LogP contribution in [-0.4, -0.2) is 20.9 Å². The van der Waals surface area contributed by atoms with Gasteiger partial charge in [-0.1, -0.05) is 44.9 Å². The normalized spacial score (nSPS) is 18.1. The van der Waals surface area contributed by atoms with Crippen LogP contribution in [-0.2, 0) is 0 Å². The molecule has 0 radical (unpaired) electrons. The average molecular weight is 305 g/mol. The Morgan fingerprint density at radius 3 is 2.00 bits per heavy atom. The topological polar surface area (TPSA) is 83.0 Å². The quantitative estimate of drug-likeness (QED) is 0.819. The maximum absolute atomic E-state index is 11.5. The van der Waals surface area contributed by atoms with Crippen molar-refractivity contribution >= 4 is 11.7 Å². The first-order chi connectivity index (χ1) is 10.8. The van der Waals surface area contributed by atoms with Crippen LogP contribution < -0.4 is 11.0 Å². The van der Waals surface area contributed by atoms with Crippen molar-refractivity contribution in [2.24, 2.45) is 5.10 Å². The second kappa shape index (κ2) is 9.33. The molecule has 0 bridgehead atoms. The molecule has 0 saturated heterocycles. The van der Waals surface area contributed by atoms with E-state index >= 15 is 0 Å². The Labute approximate surface area is 131 Å². The molecule has 6 nitrogen and oxygen atoms in total. The molecule has 0 atom stereocenters. The van der Waals surface area contributed by atoms with E-state index in [1.54, 1.807) is 6.92 Å². The predicted molar refractivity (Wildman–Crippen MR) is 89.2 cm³/mol. The number of anilines is 1. The summed E-state index contributed by atoms with van der Waals surface area (Å²) in [7, 11) is 0. The summed E-state index contributed by atoms with van der Waals surface area (Å²) in [5, 5.41) is 12.1. The molecular weight excluding hydrogens is 278 g/mol. The van der Waals surface area contributed by atoms with E-state index in [1.807, 2.05) is 0 Å². The third-order valence-electron chi connectivity index (χ3n) is 4.11. The SMILES string of the molecule is Cc1nnc(NN=C2CCCCCCCCCCC2)[nH]c1=O. The number of aromatic nitrogens is 3. The molecule has 0 aromatic carbocycles. The molecule has 2 N–H and O–H groups in total. The zero-order valence-corrected chi connectivity index (χ0v) is 13.5. The highest BCUT2D eigenvalue weighted by Crippen LogP contribution is 2.15. The number of hydrogen-bond acceptors (Lipinski definition) is 5. The molecule has 1 aliphatic carbocycles.